The predicted octanol–water partition coefficient (Wildman–Crippen LogP) is 4.88. The minimum atomic E-state index is -0.278. The standard InChI is InChI=1S/C15H18BrFN2/c1-3-11(4-2)14(16)13-10-18-19(15(13)17)12-8-6-5-7-9-12/h5-11,14H,3-4H2,1-2H3. The second-order valence-corrected chi connectivity index (χ2v) is 5.60. The van der Waals surface area contributed by atoms with Gasteiger partial charge in [-0.05, 0) is 18.1 Å². The van der Waals surface area contributed by atoms with Crippen LogP contribution in [0.1, 0.15) is 37.1 Å². The summed E-state index contributed by atoms with van der Waals surface area (Å²) < 4.78 is 15.8. The van der Waals surface area contributed by atoms with E-state index in [1.54, 1.807) is 6.20 Å². The van der Waals surface area contributed by atoms with Crippen molar-refractivity contribution in [2.24, 2.45) is 5.92 Å². The number of halogens is 2. The molecule has 2 nitrogen and oxygen atoms in total. The molecule has 1 heterocycles. The summed E-state index contributed by atoms with van der Waals surface area (Å²) in [6.07, 6.45) is 3.66. The van der Waals surface area contributed by atoms with Crippen LogP contribution in [0.25, 0.3) is 5.69 Å². The SMILES string of the molecule is CCC(CC)C(Br)c1cnn(-c2ccccc2)c1F. The zero-order chi connectivity index (χ0) is 13.8. The number of hydrogen-bond donors (Lipinski definition) is 0. The Hall–Kier alpha value is -1.16. The average Bonchev–Trinajstić information content (AvgIpc) is 2.83. The monoisotopic (exact) mass is 324 g/mol. The maximum absolute atomic E-state index is 14.5. The van der Waals surface area contributed by atoms with E-state index in [1.165, 1.54) is 4.68 Å². The molecule has 0 amide bonds. The summed E-state index contributed by atoms with van der Waals surface area (Å²) in [5, 5.41) is 4.17. The van der Waals surface area contributed by atoms with Gasteiger partial charge in [0.25, 0.3) is 0 Å². The molecule has 0 N–H and O–H groups in total. The quantitative estimate of drug-likeness (QED) is 0.716. The number of alkyl halides is 1. The van der Waals surface area contributed by atoms with Gasteiger partial charge < -0.3 is 0 Å². The first-order chi connectivity index (χ1) is 9.19. The highest BCUT2D eigenvalue weighted by Gasteiger charge is 2.24. The third-order valence-corrected chi connectivity index (χ3v) is 4.74. The van der Waals surface area contributed by atoms with Gasteiger partial charge in [-0.3, -0.25) is 0 Å². The van der Waals surface area contributed by atoms with Gasteiger partial charge in [-0.2, -0.15) is 9.49 Å². The van der Waals surface area contributed by atoms with Crippen molar-refractivity contribution in [2.75, 3.05) is 0 Å². The van der Waals surface area contributed by atoms with Crippen LogP contribution >= 0.6 is 15.9 Å². The van der Waals surface area contributed by atoms with Crippen LogP contribution in [0.15, 0.2) is 36.5 Å². The van der Waals surface area contributed by atoms with Gasteiger partial charge >= 0.3 is 0 Å². The highest BCUT2D eigenvalue weighted by molar-refractivity contribution is 9.09. The summed E-state index contributed by atoms with van der Waals surface area (Å²) in [7, 11) is 0. The van der Waals surface area contributed by atoms with Crippen molar-refractivity contribution in [3.8, 4) is 5.69 Å². The van der Waals surface area contributed by atoms with Crippen LogP contribution in [0.4, 0.5) is 4.39 Å². The number of para-hydroxylation sites is 1. The molecular formula is C15H18BrFN2. The van der Waals surface area contributed by atoms with Gasteiger partial charge in [0.15, 0.2) is 0 Å². The smallest absolute Gasteiger partial charge is 0.206 e. The fourth-order valence-electron chi connectivity index (χ4n) is 2.24. The molecule has 0 bridgehead atoms. The average molecular weight is 325 g/mol. The lowest BCUT2D eigenvalue weighted by Gasteiger charge is -2.18. The molecule has 0 aliphatic heterocycles. The van der Waals surface area contributed by atoms with E-state index in [4.69, 9.17) is 0 Å². The molecule has 102 valence electrons. The molecule has 4 heteroatoms. The molecule has 1 unspecified atom stereocenters. The zero-order valence-corrected chi connectivity index (χ0v) is 12.8. The van der Waals surface area contributed by atoms with Crippen LogP contribution in [0.5, 0.6) is 0 Å². The van der Waals surface area contributed by atoms with Crippen LogP contribution in [0.2, 0.25) is 0 Å². The second-order valence-electron chi connectivity index (χ2n) is 4.62. The Morgan fingerprint density at radius 2 is 1.84 bits per heavy atom. The van der Waals surface area contributed by atoms with E-state index in [1.807, 2.05) is 30.3 Å². The summed E-state index contributed by atoms with van der Waals surface area (Å²) in [4.78, 5) is 0.0139. The highest BCUT2D eigenvalue weighted by atomic mass is 79.9. The number of hydrogen-bond acceptors (Lipinski definition) is 1. The van der Waals surface area contributed by atoms with Crippen molar-refractivity contribution >= 4 is 15.9 Å². The molecule has 0 saturated carbocycles. The Labute approximate surface area is 121 Å². The lowest BCUT2D eigenvalue weighted by atomic mass is 9.96. The number of benzene rings is 1. The second kappa shape index (κ2) is 6.33. The van der Waals surface area contributed by atoms with Gasteiger partial charge in [-0.25, -0.2) is 4.68 Å². The van der Waals surface area contributed by atoms with Crippen LogP contribution in [-0.4, -0.2) is 9.78 Å². The van der Waals surface area contributed by atoms with Gasteiger partial charge in [0.2, 0.25) is 5.95 Å². The highest BCUT2D eigenvalue weighted by Crippen LogP contribution is 2.36. The summed E-state index contributed by atoms with van der Waals surface area (Å²) in [6, 6.07) is 9.36. The Balaban J connectivity index is 2.33. The Morgan fingerprint density at radius 3 is 2.42 bits per heavy atom. The van der Waals surface area contributed by atoms with E-state index < -0.39 is 0 Å². The first kappa shape index (κ1) is 14.3. The fourth-order valence-corrected chi connectivity index (χ4v) is 3.29. The Kier molecular flexibility index (Phi) is 4.75. The van der Waals surface area contributed by atoms with E-state index >= 15 is 0 Å². The predicted molar refractivity (Wildman–Crippen MR) is 79.3 cm³/mol. The van der Waals surface area contributed by atoms with E-state index in [0.29, 0.717) is 11.5 Å². The summed E-state index contributed by atoms with van der Waals surface area (Å²) in [5.41, 5.74) is 1.38. The maximum atomic E-state index is 14.5. The van der Waals surface area contributed by atoms with Crippen molar-refractivity contribution in [2.45, 2.75) is 31.5 Å². The number of aromatic nitrogens is 2. The normalized spacial score (nSPS) is 12.9. The minimum absolute atomic E-state index is 0.0139. The molecule has 2 rings (SSSR count). The fraction of sp³-hybridized carbons (Fsp3) is 0.400. The minimum Gasteiger partial charge on any atom is -0.206 e. The molecule has 1 aromatic heterocycles. The molecule has 0 spiro atoms. The largest absolute Gasteiger partial charge is 0.220 e. The zero-order valence-electron chi connectivity index (χ0n) is 11.2. The van der Waals surface area contributed by atoms with Gasteiger partial charge in [-0.1, -0.05) is 60.8 Å². The summed E-state index contributed by atoms with van der Waals surface area (Å²) in [5.74, 6) is 0.142. The van der Waals surface area contributed by atoms with Crippen molar-refractivity contribution in [1.29, 1.82) is 0 Å². The molecular weight excluding hydrogens is 307 g/mol. The van der Waals surface area contributed by atoms with Crippen LogP contribution < -0.4 is 0 Å². The van der Waals surface area contributed by atoms with Gasteiger partial charge in [0, 0.05) is 10.4 Å². The van der Waals surface area contributed by atoms with Crippen molar-refractivity contribution in [3.05, 3.63) is 48.0 Å². The summed E-state index contributed by atoms with van der Waals surface area (Å²) in [6.45, 7) is 4.25. The molecule has 0 fully saturated rings. The van der Waals surface area contributed by atoms with Gasteiger partial charge in [0.1, 0.15) is 0 Å². The van der Waals surface area contributed by atoms with Crippen molar-refractivity contribution in [1.82, 2.24) is 9.78 Å². The molecule has 0 radical (unpaired) electrons. The Bertz CT molecular complexity index is 520. The molecule has 1 aromatic carbocycles. The topological polar surface area (TPSA) is 17.8 Å². The number of rotatable bonds is 5. The number of nitrogens with zero attached hydrogens (tertiary/aromatic N) is 2. The van der Waals surface area contributed by atoms with Crippen LogP contribution in [0.3, 0.4) is 0 Å². The first-order valence-electron chi connectivity index (χ1n) is 6.61. The van der Waals surface area contributed by atoms with Gasteiger partial charge in [0.05, 0.1) is 11.9 Å². The molecule has 0 aliphatic carbocycles. The van der Waals surface area contributed by atoms with E-state index in [0.717, 1.165) is 18.5 Å². The molecule has 0 aliphatic rings. The third-order valence-electron chi connectivity index (χ3n) is 3.50. The Morgan fingerprint density at radius 1 is 1.21 bits per heavy atom. The van der Waals surface area contributed by atoms with E-state index in [2.05, 4.69) is 34.9 Å². The lowest BCUT2D eigenvalue weighted by molar-refractivity contribution is 0.462. The lowest BCUT2D eigenvalue weighted by Crippen LogP contribution is -2.07. The molecule has 2 aromatic rings. The summed E-state index contributed by atoms with van der Waals surface area (Å²) >= 11 is 3.62. The van der Waals surface area contributed by atoms with E-state index in [-0.39, 0.29) is 10.8 Å². The van der Waals surface area contributed by atoms with Crippen molar-refractivity contribution < 1.29 is 4.39 Å². The van der Waals surface area contributed by atoms with Crippen LogP contribution in [0, 0.1) is 11.9 Å². The molecule has 1 atom stereocenters. The molecule has 19 heavy (non-hydrogen) atoms. The maximum Gasteiger partial charge on any atom is 0.220 e. The third kappa shape index (κ3) is 2.89. The molecule has 0 saturated heterocycles. The van der Waals surface area contributed by atoms with Crippen molar-refractivity contribution in [3.63, 3.8) is 0 Å². The first-order valence-corrected chi connectivity index (χ1v) is 7.53. The van der Waals surface area contributed by atoms with E-state index in [9.17, 15) is 4.39 Å². The van der Waals surface area contributed by atoms with Gasteiger partial charge in [-0.15, -0.1) is 0 Å². The van der Waals surface area contributed by atoms with Crippen LogP contribution in [-0.2, 0) is 0 Å².